The Labute approximate surface area is 181 Å². The molecule has 1 saturated heterocycles. The summed E-state index contributed by atoms with van der Waals surface area (Å²) in [7, 11) is -3.25. The van der Waals surface area contributed by atoms with Crippen molar-refractivity contribution in [3.63, 3.8) is 0 Å². The second kappa shape index (κ2) is 8.58. The number of aromatic nitrogens is 3. The van der Waals surface area contributed by atoms with E-state index in [1.165, 1.54) is 36.7 Å². The first-order chi connectivity index (χ1) is 14.3. The van der Waals surface area contributed by atoms with Gasteiger partial charge in [0.05, 0.1) is 10.6 Å². The van der Waals surface area contributed by atoms with Gasteiger partial charge < -0.3 is 10.2 Å². The molecule has 2 aromatic rings. The van der Waals surface area contributed by atoms with Gasteiger partial charge in [-0.05, 0) is 55.9 Å². The Morgan fingerprint density at radius 2 is 1.80 bits per heavy atom. The highest BCUT2D eigenvalue weighted by Gasteiger charge is 2.32. The van der Waals surface area contributed by atoms with Crippen molar-refractivity contribution >= 4 is 39.1 Å². The number of thioether (sulfide) groups is 1. The number of benzene rings is 1. The molecular weight excluding hydrogens is 422 g/mol. The number of nitrogens with one attached hydrogen (secondary N) is 1. The molecule has 0 spiro atoms. The van der Waals surface area contributed by atoms with Crippen LogP contribution in [0.2, 0.25) is 0 Å². The van der Waals surface area contributed by atoms with E-state index < -0.39 is 9.84 Å². The van der Waals surface area contributed by atoms with Crippen LogP contribution in [-0.2, 0) is 14.6 Å². The maximum Gasteiger partial charge on any atom is 0.234 e. The van der Waals surface area contributed by atoms with Crippen molar-refractivity contribution in [2.24, 2.45) is 5.92 Å². The SMILES string of the molecule is CC1CCN(c2nnc(SCC(=O)Nc3ccc(S(C)(=O)=O)cc3)n2C2CC2)CC1. The fraction of sp³-hybridized carbons (Fsp3) is 0.550. The summed E-state index contributed by atoms with van der Waals surface area (Å²) < 4.78 is 25.3. The van der Waals surface area contributed by atoms with Gasteiger partial charge in [0.1, 0.15) is 0 Å². The van der Waals surface area contributed by atoms with Gasteiger partial charge in [-0.15, -0.1) is 10.2 Å². The second-order valence-electron chi connectivity index (χ2n) is 8.19. The first-order valence-electron chi connectivity index (χ1n) is 10.2. The molecule has 2 aliphatic rings. The van der Waals surface area contributed by atoms with Crippen LogP contribution in [-0.4, -0.2) is 54.2 Å². The molecule has 0 bridgehead atoms. The van der Waals surface area contributed by atoms with Crippen molar-refractivity contribution < 1.29 is 13.2 Å². The molecule has 0 atom stereocenters. The molecule has 1 amide bonds. The van der Waals surface area contributed by atoms with Crippen LogP contribution in [0.5, 0.6) is 0 Å². The first-order valence-corrected chi connectivity index (χ1v) is 13.1. The average Bonchev–Trinajstić information content (AvgIpc) is 3.46. The summed E-state index contributed by atoms with van der Waals surface area (Å²) in [6, 6.07) is 6.62. The minimum atomic E-state index is -3.25. The molecule has 4 rings (SSSR count). The predicted octanol–water partition coefficient (Wildman–Crippen LogP) is 2.98. The lowest BCUT2D eigenvalue weighted by atomic mass is 10.00. The topological polar surface area (TPSA) is 97.2 Å². The molecule has 1 aliphatic carbocycles. The van der Waals surface area contributed by atoms with E-state index in [4.69, 9.17) is 0 Å². The largest absolute Gasteiger partial charge is 0.341 e. The number of sulfone groups is 1. The van der Waals surface area contributed by atoms with Crippen molar-refractivity contribution in [2.45, 2.75) is 48.7 Å². The highest BCUT2D eigenvalue weighted by Crippen LogP contribution is 2.41. The van der Waals surface area contributed by atoms with Crippen LogP contribution in [0.1, 0.15) is 38.6 Å². The van der Waals surface area contributed by atoms with E-state index in [1.807, 2.05) is 0 Å². The van der Waals surface area contributed by atoms with Crippen LogP contribution in [0.3, 0.4) is 0 Å². The average molecular weight is 450 g/mol. The van der Waals surface area contributed by atoms with Crippen molar-refractivity contribution in [3.05, 3.63) is 24.3 Å². The van der Waals surface area contributed by atoms with E-state index in [1.54, 1.807) is 12.1 Å². The summed E-state index contributed by atoms with van der Waals surface area (Å²) in [5.41, 5.74) is 0.569. The minimum absolute atomic E-state index is 0.161. The molecule has 0 radical (unpaired) electrons. The second-order valence-corrected chi connectivity index (χ2v) is 11.1. The van der Waals surface area contributed by atoms with Crippen LogP contribution in [0.25, 0.3) is 0 Å². The third kappa shape index (κ3) is 4.97. The van der Waals surface area contributed by atoms with Gasteiger partial charge in [0.2, 0.25) is 11.9 Å². The summed E-state index contributed by atoms with van der Waals surface area (Å²) in [6.07, 6.45) is 5.75. The third-order valence-electron chi connectivity index (χ3n) is 5.52. The lowest BCUT2D eigenvalue weighted by Crippen LogP contribution is -2.34. The molecular formula is C20H27N5O3S2. The molecule has 10 heteroatoms. The fourth-order valence-electron chi connectivity index (χ4n) is 3.56. The van der Waals surface area contributed by atoms with Crippen LogP contribution in [0, 0.1) is 5.92 Å². The molecule has 162 valence electrons. The maximum absolute atomic E-state index is 12.4. The minimum Gasteiger partial charge on any atom is -0.341 e. The maximum atomic E-state index is 12.4. The van der Waals surface area contributed by atoms with E-state index in [-0.39, 0.29) is 16.6 Å². The predicted molar refractivity (Wildman–Crippen MR) is 118 cm³/mol. The quantitative estimate of drug-likeness (QED) is 0.649. The molecule has 1 N–H and O–H groups in total. The Hall–Kier alpha value is -2.07. The van der Waals surface area contributed by atoms with Crippen molar-refractivity contribution in [1.29, 1.82) is 0 Å². The van der Waals surface area contributed by atoms with Gasteiger partial charge in [-0.1, -0.05) is 18.7 Å². The van der Waals surface area contributed by atoms with Gasteiger partial charge >= 0.3 is 0 Å². The van der Waals surface area contributed by atoms with Crippen molar-refractivity contribution in [1.82, 2.24) is 14.8 Å². The smallest absolute Gasteiger partial charge is 0.234 e. The highest BCUT2D eigenvalue weighted by molar-refractivity contribution is 7.99. The monoisotopic (exact) mass is 449 g/mol. The van der Waals surface area contributed by atoms with Crippen LogP contribution in [0.4, 0.5) is 11.6 Å². The van der Waals surface area contributed by atoms with Gasteiger partial charge in [-0.2, -0.15) is 0 Å². The van der Waals surface area contributed by atoms with Crippen LogP contribution in [0.15, 0.2) is 34.3 Å². The molecule has 1 aromatic heterocycles. The van der Waals surface area contributed by atoms with E-state index in [2.05, 4.69) is 31.9 Å². The summed E-state index contributed by atoms with van der Waals surface area (Å²) in [4.78, 5) is 14.9. The Bertz CT molecular complexity index is 1010. The van der Waals surface area contributed by atoms with Gasteiger partial charge in [-0.25, -0.2) is 8.42 Å². The molecule has 2 heterocycles. The summed E-state index contributed by atoms with van der Waals surface area (Å²) in [5, 5.41) is 12.4. The number of hydrogen-bond acceptors (Lipinski definition) is 7. The highest BCUT2D eigenvalue weighted by atomic mass is 32.2. The Balaban J connectivity index is 1.38. The van der Waals surface area contributed by atoms with Crippen molar-refractivity contribution in [2.75, 3.05) is 35.3 Å². The zero-order valence-electron chi connectivity index (χ0n) is 17.2. The number of rotatable bonds is 7. The Morgan fingerprint density at radius 3 is 2.40 bits per heavy atom. The molecule has 2 fully saturated rings. The fourth-order valence-corrected chi connectivity index (χ4v) is 4.99. The zero-order valence-corrected chi connectivity index (χ0v) is 18.9. The van der Waals surface area contributed by atoms with E-state index in [0.717, 1.165) is 49.2 Å². The number of piperidine rings is 1. The number of amides is 1. The lowest BCUT2D eigenvalue weighted by molar-refractivity contribution is -0.113. The standard InChI is InChI=1S/C20H27N5O3S2/c1-14-9-11-24(12-10-14)19-22-23-20(25(19)16-5-6-16)29-13-18(26)21-15-3-7-17(8-4-15)30(2,27)28/h3-4,7-8,14,16H,5-6,9-13H2,1-2H3,(H,21,26). The van der Waals surface area contributed by atoms with E-state index >= 15 is 0 Å². The van der Waals surface area contributed by atoms with Gasteiger partial charge in [0.25, 0.3) is 0 Å². The van der Waals surface area contributed by atoms with Crippen LogP contribution < -0.4 is 10.2 Å². The zero-order chi connectivity index (χ0) is 21.3. The molecule has 30 heavy (non-hydrogen) atoms. The van der Waals surface area contributed by atoms with E-state index in [0.29, 0.717) is 11.7 Å². The van der Waals surface area contributed by atoms with Crippen molar-refractivity contribution in [3.8, 4) is 0 Å². The number of hydrogen-bond donors (Lipinski definition) is 1. The number of anilines is 2. The van der Waals surface area contributed by atoms with Gasteiger partial charge in [0, 0.05) is 31.1 Å². The van der Waals surface area contributed by atoms with Crippen LogP contribution >= 0.6 is 11.8 Å². The lowest BCUT2D eigenvalue weighted by Gasteiger charge is -2.31. The van der Waals surface area contributed by atoms with Gasteiger partial charge in [0.15, 0.2) is 15.0 Å². The molecule has 1 aromatic carbocycles. The first kappa shape index (κ1) is 21.2. The number of nitrogens with zero attached hydrogens (tertiary/aromatic N) is 4. The summed E-state index contributed by atoms with van der Waals surface area (Å²) >= 11 is 1.39. The Morgan fingerprint density at radius 1 is 1.13 bits per heavy atom. The number of carbonyl (C=O) groups excluding carboxylic acids is 1. The molecule has 0 unspecified atom stereocenters. The van der Waals surface area contributed by atoms with Gasteiger partial charge in [-0.3, -0.25) is 9.36 Å². The summed E-state index contributed by atoms with van der Waals surface area (Å²) in [6.45, 7) is 4.29. The normalized spacial score (nSPS) is 17.9. The molecule has 8 nitrogen and oxygen atoms in total. The summed E-state index contributed by atoms with van der Waals surface area (Å²) in [5.74, 6) is 1.74. The molecule has 1 aliphatic heterocycles. The Kier molecular flexibility index (Phi) is 6.06. The molecule has 1 saturated carbocycles. The van der Waals surface area contributed by atoms with E-state index in [9.17, 15) is 13.2 Å². The third-order valence-corrected chi connectivity index (χ3v) is 7.60. The number of carbonyl (C=O) groups is 1.